The molecule has 2 aromatic rings. The molecule has 0 amide bonds. The Hall–Kier alpha value is -1.50. The maximum atomic E-state index is 13.8. The van der Waals surface area contributed by atoms with Gasteiger partial charge in [-0.3, -0.25) is 0 Å². The van der Waals surface area contributed by atoms with Crippen LogP contribution in [0.2, 0.25) is 5.02 Å². The maximum absolute atomic E-state index is 13.8. The van der Waals surface area contributed by atoms with Crippen molar-refractivity contribution in [1.82, 2.24) is 10.1 Å². The van der Waals surface area contributed by atoms with Crippen LogP contribution >= 0.6 is 11.6 Å². The summed E-state index contributed by atoms with van der Waals surface area (Å²) in [6, 6.07) is 3.76. The summed E-state index contributed by atoms with van der Waals surface area (Å²) in [5, 5.41) is 4.09. The molecule has 1 aliphatic carbocycles. The Kier molecular flexibility index (Phi) is 4.19. The van der Waals surface area contributed by atoms with Crippen LogP contribution < -0.4 is 5.73 Å². The highest BCUT2D eigenvalue weighted by Gasteiger charge is 2.22. The van der Waals surface area contributed by atoms with E-state index >= 15 is 0 Å². The zero-order chi connectivity index (χ0) is 14.8. The van der Waals surface area contributed by atoms with Gasteiger partial charge >= 0.3 is 0 Å². The van der Waals surface area contributed by atoms with Crippen LogP contribution in [-0.2, 0) is 4.74 Å². The largest absolute Gasteiger partial charge is 0.376 e. The number of nitrogens with two attached hydrogens (primary N) is 1. The van der Waals surface area contributed by atoms with Gasteiger partial charge in [-0.2, -0.15) is 4.98 Å². The Morgan fingerprint density at radius 2 is 2.29 bits per heavy atom. The summed E-state index contributed by atoms with van der Waals surface area (Å²) < 4.78 is 24.5. The van der Waals surface area contributed by atoms with Crippen LogP contribution in [0.4, 0.5) is 4.39 Å². The summed E-state index contributed by atoms with van der Waals surface area (Å²) >= 11 is 5.71. The van der Waals surface area contributed by atoms with Crippen molar-refractivity contribution in [1.29, 1.82) is 0 Å². The van der Waals surface area contributed by atoms with Crippen molar-refractivity contribution in [2.45, 2.75) is 31.4 Å². The first-order chi connectivity index (χ1) is 10.1. The Balaban J connectivity index is 1.69. The molecule has 1 aromatic heterocycles. The molecule has 0 saturated heterocycles. The van der Waals surface area contributed by atoms with Gasteiger partial charge in [-0.1, -0.05) is 16.8 Å². The summed E-state index contributed by atoms with van der Waals surface area (Å²) in [5.74, 6) is -0.131. The van der Waals surface area contributed by atoms with Crippen LogP contribution in [0.1, 0.15) is 31.1 Å². The van der Waals surface area contributed by atoms with Gasteiger partial charge in [0.2, 0.25) is 0 Å². The normalized spacial score (nSPS) is 16.7. The number of benzene rings is 1. The molecule has 1 atom stereocenters. The van der Waals surface area contributed by atoms with Crippen molar-refractivity contribution >= 4 is 11.6 Å². The fraction of sp³-hybridized carbons (Fsp3) is 0.429. The smallest absolute Gasteiger partial charge is 0.260 e. The van der Waals surface area contributed by atoms with E-state index in [2.05, 4.69) is 10.1 Å². The number of hydrogen-bond donors (Lipinski definition) is 1. The monoisotopic (exact) mass is 311 g/mol. The Morgan fingerprint density at radius 1 is 1.48 bits per heavy atom. The van der Waals surface area contributed by atoms with E-state index in [1.165, 1.54) is 18.6 Å². The van der Waals surface area contributed by atoms with E-state index < -0.39 is 11.9 Å². The molecule has 2 N–H and O–H groups in total. The number of nitrogens with zero attached hydrogens (tertiary/aromatic N) is 2. The number of halogens is 2. The first kappa shape index (κ1) is 14.4. The third-order valence-corrected chi connectivity index (χ3v) is 3.73. The predicted molar refractivity (Wildman–Crippen MR) is 75.2 cm³/mol. The van der Waals surface area contributed by atoms with Crippen LogP contribution in [0.5, 0.6) is 0 Å². The summed E-state index contributed by atoms with van der Waals surface area (Å²) in [7, 11) is 0. The lowest BCUT2D eigenvalue weighted by Crippen LogP contribution is -2.27. The number of ether oxygens (including phenoxy) is 1. The van der Waals surface area contributed by atoms with Gasteiger partial charge in [0.15, 0.2) is 5.82 Å². The summed E-state index contributed by atoms with van der Waals surface area (Å²) in [6.45, 7) is 0.326. The van der Waals surface area contributed by atoms with Gasteiger partial charge in [-0.15, -0.1) is 0 Å². The molecule has 5 nitrogen and oxygen atoms in total. The molecule has 0 spiro atoms. The van der Waals surface area contributed by atoms with E-state index in [1.807, 2.05) is 0 Å². The molecule has 1 aromatic carbocycles. The van der Waals surface area contributed by atoms with Crippen molar-refractivity contribution < 1.29 is 13.7 Å². The van der Waals surface area contributed by atoms with E-state index in [0.29, 0.717) is 17.5 Å². The van der Waals surface area contributed by atoms with Crippen molar-refractivity contribution in [3.8, 4) is 11.5 Å². The highest BCUT2D eigenvalue weighted by molar-refractivity contribution is 6.30. The minimum absolute atomic E-state index is 0.0817. The number of hydrogen-bond acceptors (Lipinski definition) is 5. The summed E-state index contributed by atoms with van der Waals surface area (Å²) in [6.07, 6.45) is 3.62. The van der Waals surface area contributed by atoms with Gasteiger partial charge in [-0.05, 0) is 37.5 Å². The third kappa shape index (κ3) is 3.23. The SMILES string of the molecule is NC(COC1CCC1)c1noc(-c2ccc(Cl)cc2F)n1. The van der Waals surface area contributed by atoms with Crippen molar-refractivity contribution in [2.75, 3.05) is 6.61 Å². The molecule has 0 bridgehead atoms. The van der Waals surface area contributed by atoms with Gasteiger partial charge in [0, 0.05) is 5.02 Å². The Labute approximate surface area is 126 Å². The van der Waals surface area contributed by atoms with Crippen LogP contribution in [0, 0.1) is 5.82 Å². The lowest BCUT2D eigenvalue weighted by molar-refractivity contribution is -0.00549. The molecular weight excluding hydrogens is 297 g/mol. The third-order valence-electron chi connectivity index (χ3n) is 3.50. The van der Waals surface area contributed by atoms with E-state index in [4.69, 9.17) is 26.6 Å². The fourth-order valence-electron chi connectivity index (χ4n) is 2.01. The molecule has 1 heterocycles. The van der Waals surface area contributed by atoms with Crippen LogP contribution in [0.25, 0.3) is 11.5 Å². The summed E-state index contributed by atoms with van der Waals surface area (Å²) in [4.78, 5) is 4.13. The van der Waals surface area contributed by atoms with Gasteiger partial charge < -0.3 is 15.0 Å². The lowest BCUT2D eigenvalue weighted by atomic mass is 9.96. The minimum atomic E-state index is -0.517. The second-order valence-electron chi connectivity index (χ2n) is 5.07. The second-order valence-corrected chi connectivity index (χ2v) is 5.51. The van der Waals surface area contributed by atoms with Crippen LogP contribution in [0.15, 0.2) is 22.7 Å². The molecule has 0 aliphatic heterocycles. The second kappa shape index (κ2) is 6.09. The standard InChI is InChI=1S/C14H15ClFN3O2/c15-8-4-5-10(11(16)6-8)14-18-13(19-21-14)12(17)7-20-9-2-1-3-9/h4-6,9,12H,1-3,7,17H2. The highest BCUT2D eigenvalue weighted by Crippen LogP contribution is 2.26. The molecule has 21 heavy (non-hydrogen) atoms. The van der Waals surface area contributed by atoms with Crippen LogP contribution in [0.3, 0.4) is 0 Å². The number of aromatic nitrogens is 2. The van der Waals surface area contributed by atoms with Crippen LogP contribution in [-0.4, -0.2) is 22.9 Å². The van der Waals surface area contributed by atoms with Gasteiger partial charge in [0.1, 0.15) is 5.82 Å². The zero-order valence-electron chi connectivity index (χ0n) is 11.3. The van der Waals surface area contributed by atoms with E-state index in [0.717, 1.165) is 12.8 Å². The van der Waals surface area contributed by atoms with E-state index in [1.54, 1.807) is 6.07 Å². The Morgan fingerprint density at radius 3 is 2.95 bits per heavy atom. The molecule has 1 aliphatic rings. The van der Waals surface area contributed by atoms with Crippen molar-refractivity contribution in [2.24, 2.45) is 5.73 Å². The number of rotatable bonds is 5. The quantitative estimate of drug-likeness (QED) is 0.918. The molecule has 3 rings (SSSR count). The van der Waals surface area contributed by atoms with Gasteiger partial charge in [-0.25, -0.2) is 4.39 Å². The van der Waals surface area contributed by atoms with Gasteiger partial charge in [0.25, 0.3) is 5.89 Å². The lowest BCUT2D eigenvalue weighted by Gasteiger charge is -2.26. The summed E-state index contributed by atoms with van der Waals surface area (Å²) in [5.41, 5.74) is 6.15. The van der Waals surface area contributed by atoms with Crippen molar-refractivity contribution in [3.63, 3.8) is 0 Å². The van der Waals surface area contributed by atoms with E-state index in [9.17, 15) is 4.39 Å². The average molecular weight is 312 g/mol. The Bertz CT molecular complexity index is 630. The van der Waals surface area contributed by atoms with E-state index in [-0.39, 0.29) is 17.6 Å². The van der Waals surface area contributed by atoms with Gasteiger partial charge in [0.05, 0.1) is 24.3 Å². The molecule has 1 fully saturated rings. The topological polar surface area (TPSA) is 74.2 Å². The average Bonchev–Trinajstić information content (AvgIpc) is 2.86. The van der Waals surface area contributed by atoms with Crippen molar-refractivity contribution in [3.05, 3.63) is 34.9 Å². The first-order valence-electron chi connectivity index (χ1n) is 6.79. The predicted octanol–water partition coefficient (Wildman–Crippen LogP) is 3.10. The highest BCUT2D eigenvalue weighted by atomic mass is 35.5. The fourth-order valence-corrected chi connectivity index (χ4v) is 2.17. The first-order valence-corrected chi connectivity index (χ1v) is 7.17. The molecular formula is C14H15ClFN3O2. The molecule has 112 valence electrons. The molecule has 1 unspecified atom stereocenters. The molecule has 0 radical (unpaired) electrons. The molecule has 7 heteroatoms. The molecule has 1 saturated carbocycles. The maximum Gasteiger partial charge on any atom is 0.260 e. The zero-order valence-corrected chi connectivity index (χ0v) is 12.0. The minimum Gasteiger partial charge on any atom is -0.376 e.